The number of aliphatic hydroxyl groups excluding tert-OH is 1. The minimum atomic E-state index is -0.889. The average molecular weight is 611 g/mol. The van der Waals surface area contributed by atoms with Gasteiger partial charge in [-0.15, -0.1) is 0 Å². The summed E-state index contributed by atoms with van der Waals surface area (Å²) in [4.78, 5) is 41.8. The minimum absolute atomic E-state index is 0.0176. The van der Waals surface area contributed by atoms with Crippen molar-refractivity contribution in [1.82, 2.24) is 30.5 Å². The zero-order valence-electron chi connectivity index (χ0n) is 26.4. The summed E-state index contributed by atoms with van der Waals surface area (Å²) in [5.74, 6) is -0.129. The maximum Gasteiger partial charge on any atom is 0.256 e. The maximum absolute atomic E-state index is 13.5. The molecule has 2 amide bonds. The second kappa shape index (κ2) is 14.1. The molecule has 3 aromatic heterocycles. The van der Waals surface area contributed by atoms with Crippen molar-refractivity contribution in [1.29, 1.82) is 0 Å². The first kappa shape index (κ1) is 32.0. The molecule has 1 aromatic carbocycles. The first-order valence-corrected chi connectivity index (χ1v) is 15.4. The number of hydrogen-bond acceptors (Lipinski definition) is 8. The number of aromatic nitrogens is 3. The second-order valence-corrected chi connectivity index (χ2v) is 12.7. The van der Waals surface area contributed by atoms with Gasteiger partial charge in [-0.05, 0) is 54.4 Å². The SMILES string of the molecule is Cc1coc([C@H]2CCCN2C(=O)c2cncc(C(=O)N[C@@H](Cc3ccccc3)[C@H](O)CNCc3cncc(C(C)(C)C)c3)c2)n1. The summed E-state index contributed by atoms with van der Waals surface area (Å²) >= 11 is 0. The van der Waals surface area contributed by atoms with Crippen LogP contribution in [0.2, 0.25) is 0 Å². The topological polar surface area (TPSA) is 133 Å². The van der Waals surface area contributed by atoms with E-state index in [1.54, 1.807) is 17.2 Å². The molecule has 45 heavy (non-hydrogen) atoms. The van der Waals surface area contributed by atoms with Crippen LogP contribution in [0.5, 0.6) is 0 Å². The van der Waals surface area contributed by atoms with Crippen LogP contribution in [0.3, 0.4) is 0 Å². The van der Waals surface area contributed by atoms with Crippen LogP contribution in [-0.2, 0) is 18.4 Å². The van der Waals surface area contributed by atoms with Gasteiger partial charge in [0.2, 0.25) is 5.89 Å². The first-order valence-electron chi connectivity index (χ1n) is 15.4. The van der Waals surface area contributed by atoms with Crippen molar-refractivity contribution in [2.24, 2.45) is 0 Å². The fourth-order valence-electron chi connectivity index (χ4n) is 5.54. The van der Waals surface area contributed by atoms with Crippen LogP contribution in [-0.4, -0.2) is 62.0 Å². The largest absolute Gasteiger partial charge is 0.446 e. The van der Waals surface area contributed by atoms with Gasteiger partial charge in [-0.3, -0.25) is 19.6 Å². The van der Waals surface area contributed by atoms with Crippen LogP contribution in [0.25, 0.3) is 0 Å². The molecule has 236 valence electrons. The van der Waals surface area contributed by atoms with Crippen molar-refractivity contribution in [3.63, 3.8) is 0 Å². The summed E-state index contributed by atoms with van der Waals surface area (Å²) in [5.41, 5.74) is 4.43. The molecule has 3 N–H and O–H groups in total. The van der Waals surface area contributed by atoms with Gasteiger partial charge in [0.15, 0.2) is 0 Å². The molecule has 4 aromatic rings. The summed E-state index contributed by atoms with van der Waals surface area (Å²) < 4.78 is 5.60. The van der Waals surface area contributed by atoms with Crippen molar-refractivity contribution < 1.29 is 19.1 Å². The number of hydrogen-bond donors (Lipinski definition) is 3. The van der Waals surface area contributed by atoms with Gasteiger partial charge in [0.25, 0.3) is 11.8 Å². The normalized spacial score (nSPS) is 16.4. The lowest BCUT2D eigenvalue weighted by molar-refractivity contribution is 0.0715. The third-order valence-corrected chi connectivity index (χ3v) is 8.11. The standard InChI is InChI=1S/C35H42N6O4/c1-23-22-45-33(39-23)30-11-8-12-41(30)34(44)27-15-26(18-38-19-27)32(43)40-29(14-24-9-6-5-7-10-24)31(42)21-37-17-25-13-28(20-36-16-25)35(2,3)4/h5-7,9-10,13,15-16,18-20,22,29-31,37,42H,8,11-12,14,17,21H2,1-4H3,(H,40,43)/t29-,30+,31+/m0/s1. The van der Waals surface area contributed by atoms with Crippen molar-refractivity contribution >= 4 is 11.8 Å². The molecule has 4 heterocycles. The van der Waals surface area contributed by atoms with E-state index >= 15 is 0 Å². The van der Waals surface area contributed by atoms with E-state index in [-0.39, 0.29) is 29.5 Å². The zero-order valence-corrected chi connectivity index (χ0v) is 26.4. The van der Waals surface area contributed by atoms with Gasteiger partial charge in [0, 0.05) is 44.4 Å². The van der Waals surface area contributed by atoms with Gasteiger partial charge in [-0.1, -0.05) is 57.2 Å². The molecule has 3 atom stereocenters. The minimum Gasteiger partial charge on any atom is -0.446 e. The number of carbonyl (C=O) groups excluding carboxylic acids is 2. The number of amides is 2. The lowest BCUT2D eigenvalue weighted by Gasteiger charge is -2.25. The van der Waals surface area contributed by atoms with Gasteiger partial charge in [-0.25, -0.2) is 4.98 Å². The predicted octanol–water partition coefficient (Wildman–Crippen LogP) is 4.54. The highest BCUT2D eigenvalue weighted by Gasteiger charge is 2.34. The van der Waals surface area contributed by atoms with E-state index in [1.807, 2.05) is 49.6 Å². The monoisotopic (exact) mass is 610 g/mol. The number of nitrogens with zero attached hydrogens (tertiary/aromatic N) is 4. The van der Waals surface area contributed by atoms with Crippen molar-refractivity contribution in [3.8, 4) is 0 Å². The Morgan fingerprint density at radius 1 is 1.04 bits per heavy atom. The molecule has 0 spiro atoms. The molecule has 1 fully saturated rings. The molecule has 1 aliphatic heterocycles. The van der Waals surface area contributed by atoms with Crippen molar-refractivity contribution in [3.05, 3.63) is 113 Å². The highest BCUT2D eigenvalue weighted by molar-refractivity contribution is 5.99. The van der Waals surface area contributed by atoms with Crippen LogP contribution < -0.4 is 10.6 Å². The van der Waals surface area contributed by atoms with E-state index in [0.717, 1.165) is 35.2 Å². The first-order chi connectivity index (χ1) is 21.6. The van der Waals surface area contributed by atoms with Gasteiger partial charge >= 0.3 is 0 Å². The highest BCUT2D eigenvalue weighted by atomic mass is 16.3. The number of aliphatic hydroxyl groups is 1. The van der Waals surface area contributed by atoms with Gasteiger partial charge in [-0.2, -0.15) is 0 Å². The molecule has 5 rings (SSSR count). The number of rotatable bonds is 11. The zero-order chi connectivity index (χ0) is 32.0. The van der Waals surface area contributed by atoms with Gasteiger partial charge in [0.1, 0.15) is 12.3 Å². The molecule has 1 aliphatic rings. The van der Waals surface area contributed by atoms with E-state index in [9.17, 15) is 14.7 Å². The molecule has 0 radical (unpaired) electrons. The van der Waals surface area contributed by atoms with Crippen LogP contribution >= 0.6 is 0 Å². The number of carbonyl (C=O) groups is 2. The van der Waals surface area contributed by atoms with Crippen LogP contribution in [0, 0.1) is 6.92 Å². The Balaban J connectivity index is 1.26. The van der Waals surface area contributed by atoms with E-state index < -0.39 is 18.1 Å². The molecule has 0 aliphatic carbocycles. The van der Waals surface area contributed by atoms with Crippen LogP contribution in [0.1, 0.15) is 88.6 Å². The lowest BCUT2D eigenvalue weighted by atomic mass is 9.88. The Bertz CT molecular complexity index is 1600. The predicted molar refractivity (Wildman–Crippen MR) is 171 cm³/mol. The average Bonchev–Trinajstić information content (AvgIpc) is 3.70. The van der Waals surface area contributed by atoms with Crippen LogP contribution in [0.4, 0.5) is 0 Å². The third kappa shape index (κ3) is 8.20. The molecule has 0 unspecified atom stereocenters. The summed E-state index contributed by atoms with van der Waals surface area (Å²) in [6.07, 6.45) is 9.30. The fourth-order valence-corrected chi connectivity index (χ4v) is 5.54. The molecular formula is C35H42N6O4. The Kier molecular flexibility index (Phi) is 10.0. The molecular weight excluding hydrogens is 568 g/mol. The molecule has 1 saturated heterocycles. The quantitative estimate of drug-likeness (QED) is 0.226. The Hall–Kier alpha value is -4.41. The number of benzene rings is 1. The molecule has 0 saturated carbocycles. The van der Waals surface area contributed by atoms with E-state index in [1.165, 1.54) is 12.4 Å². The Morgan fingerprint density at radius 2 is 1.80 bits per heavy atom. The smallest absolute Gasteiger partial charge is 0.256 e. The number of aryl methyl sites for hydroxylation is 1. The van der Waals surface area contributed by atoms with Gasteiger partial charge < -0.3 is 25.1 Å². The van der Waals surface area contributed by atoms with Crippen molar-refractivity contribution in [2.45, 2.75) is 77.1 Å². The molecule has 0 bridgehead atoms. The van der Waals surface area contributed by atoms with Crippen LogP contribution in [0.15, 0.2) is 77.9 Å². The fraction of sp³-hybridized carbons (Fsp3) is 0.400. The summed E-state index contributed by atoms with van der Waals surface area (Å²) in [5, 5.41) is 17.6. The van der Waals surface area contributed by atoms with Gasteiger partial charge in [0.05, 0.1) is 29.0 Å². The number of likely N-dealkylation sites (tertiary alicyclic amines) is 1. The number of oxazole rings is 1. The Morgan fingerprint density at radius 3 is 2.53 bits per heavy atom. The summed E-state index contributed by atoms with van der Waals surface area (Å²) in [6.45, 7) is 9.63. The van der Waals surface area contributed by atoms with Crippen molar-refractivity contribution in [2.75, 3.05) is 13.1 Å². The molecule has 10 nitrogen and oxygen atoms in total. The summed E-state index contributed by atoms with van der Waals surface area (Å²) in [7, 11) is 0. The van der Waals surface area contributed by atoms with E-state index in [4.69, 9.17) is 4.42 Å². The summed E-state index contributed by atoms with van der Waals surface area (Å²) in [6, 6.07) is 12.5. The number of nitrogens with one attached hydrogen (secondary N) is 2. The maximum atomic E-state index is 13.5. The van der Waals surface area contributed by atoms with E-state index in [0.29, 0.717) is 31.0 Å². The molecule has 10 heteroatoms. The van der Waals surface area contributed by atoms with E-state index in [2.05, 4.69) is 52.4 Å². The highest BCUT2D eigenvalue weighted by Crippen LogP contribution is 2.32. The Labute approximate surface area is 264 Å². The third-order valence-electron chi connectivity index (χ3n) is 8.11. The number of pyridine rings is 2. The second-order valence-electron chi connectivity index (χ2n) is 12.7. The lowest BCUT2D eigenvalue weighted by Crippen LogP contribution is -2.48.